The number of nitrogens with one attached hydrogen (secondary N) is 2. The number of benzene rings is 2. The van der Waals surface area contributed by atoms with Crippen LogP contribution in [0.2, 0.25) is 0 Å². The molecule has 1 heterocycles. The third kappa shape index (κ3) is 4.11. The van der Waals surface area contributed by atoms with Gasteiger partial charge in [0, 0.05) is 17.5 Å². The minimum atomic E-state index is -0.758. The van der Waals surface area contributed by atoms with E-state index in [1.54, 1.807) is 12.1 Å². The first-order valence-corrected chi connectivity index (χ1v) is 9.52. The number of aromatic nitrogens is 2. The van der Waals surface area contributed by atoms with Crippen molar-refractivity contribution in [2.24, 2.45) is 0 Å². The summed E-state index contributed by atoms with van der Waals surface area (Å²) in [5, 5.41) is 6.38. The summed E-state index contributed by atoms with van der Waals surface area (Å²) in [6.07, 6.45) is 4.34. The molecule has 8 heteroatoms. The number of halogens is 2. The monoisotopic (exact) mass is 398 g/mol. The Hall–Kier alpha value is -3.29. The van der Waals surface area contributed by atoms with Crippen molar-refractivity contribution in [1.29, 1.82) is 0 Å². The summed E-state index contributed by atoms with van der Waals surface area (Å²) in [5.41, 5.74) is -0.318. The van der Waals surface area contributed by atoms with Crippen LogP contribution in [0.5, 0.6) is 0 Å². The van der Waals surface area contributed by atoms with E-state index in [-0.39, 0.29) is 18.3 Å². The molecule has 0 unspecified atom stereocenters. The maximum Gasteiger partial charge on any atom is 0.350 e. The average Bonchev–Trinajstić information content (AvgIpc) is 3.21. The normalized spacial score (nSPS) is 14.3. The molecular formula is C21H20F2N4O2. The molecule has 0 spiro atoms. The molecule has 6 nitrogen and oxygen atoms in total. The van der Waals surface area contributed by atoms with E-state index in [0.717, 1.165) is 49.3 Å². The Kier molecular flexibility index (Phi) is 5.24. The van der Waals surface area contributed by atoms with Crippen molar-refractivity contribution >= 4 is 28.3 Å². The van der Waals surface area contributed by atoms with Crippen LogP contribution in [0.3, 0.4) is 0 Å². The van der Waals surface area contributed by atoms with Crippen molar-refractivity contribution in [3.8, 4) is 0 Å². The Labute approximate surface area is 165 Å². The zero-order valence-electron chi connectivity index (χ0n) is 15.6. The van der Waals surface area contributed by atoms with Gasteiger partial charge in [0.15, 0.2) is 0 Å². The van der Waals surface area contributed by atoms with Gasteiger partial charge < -0.3 is 10.6 Å². The van der Waals surface area contributed by atoms with E-state index < -0.39 is 23.2 Å². The minimum Gasteiger partial charge on any atom is -0.367 e. The first kappa shape index (κ1) is 19.0. The first-order valence-electron chi connectivity index (χ1n) is 9.52. The van der Waals surface area contributed by atoms with E-state index in [0.29, 0.717) is 11.3 Å². The molecule has 3 aromatic rings. The van der Waals surface area contributed by atoms with Crippen molar-refractivity contribution < 1.29 is 13.6 Å². The molecular weight excluding hydrogens is 378 g/mol. The second-order valence-corrected chi connectivity index (χ2v) is 7.14. The number of nitrogens with zero attached hydrogens (tertiary/aromatic N) is 2. The molecule has 150 valence electrons. The second kappa shape index (κ2) is 7.98. The van der Waals surface area contributed by atoms with Crippen molar-refractivity contribution in [1.82, 2.24) is 9.55 Å². The van der Waals surface area contributed by atoms with Crippen molar-refractivity contribution in [2.45, 2.75) is 38.3 Å². The lowest BCUT2D eigenvalue weighted by Crippen LogP contribution is -2.31. The van der Waals surface area contributed by atoms with E-state index in [1.807, 2.05) is 12.1 Å². The average molecular weight is 398 g/mol. The predicted molar refractivity (Wildman–Crippen MR) is 107 cm³/mol. The lowest BCUT2D eigenvalue weighted by atomic mass is 10.2. The standard InChI is InChI=1S/C21H20F2N4O2/c22-13-9-10-16(23)17(11-13)25-19(28)12-27-18-8-4-3-7-15(18)20(26-21(27)29)24-14-5-1-2-6-14/h3-4,7-11,14H,1-2,5-6,12H2,(H,25,28)(H,24,26,29). The van der Waals surface area contributed by atoms with E-state index >= 15 is 0 Å². The summed E-state index contributed by atoms with van der Waals surface area (Å²) in [5.74, 6) is -1.58. The van der Waals surface area contributed by atoms with E-state index in [1.165, 1.54) is 4.57 Å². The lowest BCUT2D eigenvalue weighted by molar-refractivity contribution is -0.116. The van der Waals surface area contributed by atoms with Gasteiger partial charge in [-0.2, -0.15) is 4.98 Å². The highest BCUT2D eigenvalue weighted by Crippen LogP contribution is 2.25. The van der Waals surface area contributed by atoms with Crippen LogP contribution in [0.15, 0.2) is 47.3 Å². The number of hydrogen-bond donors (Lipinski definition) is 2. The highest BCUT2D eigenvalue weighted by molar-refractivity contribution is 5.93. The lowest BCUT2D eigenvalue weighted by Gasteiger charge is -2.17. The van der Waals surface area contributed by atoms with Crippen LogP contribution in [0.4, 0.5) is 20.3 Å². The number of rotatable bonds is 5. The highest BCUT2D eigenvalue weighted by atomic mass is 19.1. The van der Waals surface area contributed by atoms with Gasteiger partial charge in [-0.25, -0.2) is 13.6 Å². The molecule has 1 amide bonds. The Morgan fingerprint density at radius 2 is 1.90 bits per heavy atom. The third-order valence-corrected chi connectivity index (χ3v) is 5.09. The maximum atomic E-state index is 13.8. The number of hydrogen-bond acceptors (Lipinski definition) is 4. The Balaban J connectivity index is 1.63. The number of anilines is 2. The summed E-state index contributed by atoms with van der Waals surface area (Å²) in [6.45, 7) is -0.369. The minimum absolute atomic E-state index is 0.278. The van der Waals surface area contributed by atoms with Gasteiger partial charge in [0.25, 0.3) is 0 Å². The number of carbonyl (C=O) groups excluding carboxylic acids is 1. The van der Waals surface area contributed by atoms with Crippen LogP contribution in [0.25, 0.3) is 10.9 Å². The topological polar surface area (TPSA) is 76.0 Å². The van der Waals surface area contributed by atoms with Crippen LogP contribution in [0, 0.1) is 11.6 Å². The van der Waals surface area contributed by atoms with Gasteiger partial charge in [-0.3, -0.25) is 9.36 Å². The van der Waals surface area contributed by atoms with Gasteiger partial charge in [0.05, 0.1) is 11.2 Å². The van der Waals surface area contributed by atoms with Crippen molar-refractivity contribution in [2.75, 3.05) is 10.6 Å². The molecule has 0 atom stereocenters. The number of amides is 1. The fourth-order valence-electron chi connectivity index (χ4n) is 3.68. The second-order valence-electron chi connectivity index (χ2n) is 7.14. The molecule has 0 aliphatic heterocycles. The van der Waals surface area contributed by atoms with Gasteiger partial charge in [-0.05, 0) is 37.1 Å². The van der Waals surface area contributed by atoms with Gasteiger partial charge in [-0.15, -0.1) is 0 Å². The molecule has 29 heavy (non-hydrogen) atoms. The summed E-state index contributed by atoms with van der Waals surface area (Å²) in [4.78, 5) is 29.2. The molecule has 4 rings (SSSR count). The molecule has 1 aromatic heterocycles. The largest absolute Gasteiger partial charge is 0.367 e. The van der Waals surface area contributed by atoms with E-state index in [4.69, 9.17) is 0 Å². The zero-order chi connectivity index (χ0) is 20.4. The van der Waals surface area contributed by atoms with Gasteiger partial charge in [0.1, 0.15) is 24.0 Å². The number of carbonyl (C=O) groups is 1. The maximum absolute atomic E-state index is 13.8. The van der Waals surface area contributed by atoms with Crippen LogP contribution >= 0.6 is 0 Å². The van der Waals surface area contributed by atoms with Gasteiger partial charge in [-0.1, -0.05) is 25.0 Å². The summed E-state index contributed by atoms with van der Waals surface area (Å²) in [6, 6.07) is 10.2. The summed E-state index contributed by atoms with van der Waals surface area (Å²) in [7, 11) is 0. The molecule has 0 radical (unpaired) electrons. The molecule has 0 bridgehead atoms. The van der Waals surface area contributed by atoms with E-state index in [2.05, 4.69) is 15.6 Å². The Morgan fingerprint density at radius 3 is 2.69 bits per heavy atom. The predicted octanol–water partition coefficient (Wildman–Crippen LogP) is 3.67. The van der Waals surface area contributed by atoms with Gasteiger partial charge in [0.2, 0.25) is 5.91 Å². The first-order chi connectivity index (χ1) is 14.0. The number of fused-ring (bicyclic) bond motifs is 1. The van der Waals surface area contributed by atoms with Crippen LogP contribution < -0.4 is 16.3 Å². The fourth-order valence-corrected chi connectivity index (χ4v) is 3.68. The number of para-hydroxylation sites is 1. The van der Waals surface area contributed by atoms with Crippen molar-refractivity contribution in [3.05, 3.63) is 64.6 Å². The highest BCUT2D eigenvalue weighted by Gasteiger charge is 2.19. The van der Waals surface area contributed by atoms with Gasteiger partial charge >= 0.3 is 5.69 Å². The zero-order valence-corrected chi connectivity index (χ0v) is 15.6. The summed E-state index contributed by atoms with van der Waals surface area (Å²) < 4.78 is 28.3. The quantitative estimate of drug-likeness (QED) is 0.688. The van der Waals surface area contributed by atoms with E-state index in [9.17, 15) is 18.4 Å². The Morgan fingerprint density at radius 1 is 1.14 bits per heavy atom. The Bertz CT molecular complexity index is 1120. The SMILES string of the molecule is O=C(Cn1c(=O)nc(NC2CCCC2)c2ccccc21)Nc1cc(F)ccc1F. The molecule has 1 saturated carbocycles. The van der Waals surface area contributed by atoms with Crippen LogP contribution in [-0.4, -0.2) is 21.5 Å². The van der Waals surface area contributed by atoms with Crippen molar-refractivity contribution in [3.63, 3.8) is 0 Å². The molecule has 0 saturated heterocycles. The molecule has 1 aliphatic rings. The molecule has 1 aliphatic carbocycles. The third-order valence-electron chi connectivity index (χ3n) is 5.09. The fraction of sp³-hybridized carbons (Fsp3) is 0.286. The van der Waals surface area contributed by atoms with Crippen LogP contribution in [0.1, 0.15) is 25.7 Å². The smallest absolute Gasteiger partial charge is 0.350 e. The summed E-state index contributed by atoms with van der Waals surface area (Å²) >= 11 is 0. The molecule has 2 N–H and O–H groups in total. The molecule has 2 aromatic carbocycles. The van der Waals surface area contributed by atoms with Crippen LogP contribution in [-0.2, 0) is 11.3 Å². The molecule has 1 fully saturated rings.